The second-order valence-electron chi connectivity index (χ2n) is 3.32. The van der Waals surface area contributed by atoms with Gasteiger partial charge in [-0.3, -0.25) is 0 Å². The lowest BCUT2D eigenvalue weighted by Crippen LogP contribution is -2.44. The van der Waals surface area contributed by atoms with Crippen LogP contribution in [0.1, 0.15) is 20.3 Å². The first-order valence-corrected chi connectivity index (χ1v) is 3.67. The average molecular weight is 186 g/mol. The smallest absolute Gasteiger partial charge is 0.362 e. The maximum Gasteiger partial charge on any atom is 0.362 e. The Kier molecular flexibility index (Phi) is 2.22. The Morgan fingerprint density at radius 3 is 2.46 bits per heavy atom. The molecule has 0 spiro atoms. The molecule has 0 aliphatic carbocycles. The van der Waals surface area contributed by atoms with Gasteiger partial charge in [0.2, 0.25) is 5.71 Å². The van der Waals surface area contributed by atoms with Crippen molar-refractivity contribution in [1.82, 2.24) is 0 Å². The summed E-state index contributed by atoms with van der Waals surface area (Å²) < 4.78 is 4.89. The molecular weight excluding hydrogens is 176 g/mol. The first kappa shape index (κ1) is 9.50. The van der Waals surface area contributed by atoms with Gasteiger partial charge in [-0.2, -0.15) is 0 Å². The molecule has 0 amide bonds. The summed E-state index contributed by atoms with van der Waals surface area (Å²) in [6.45, 7) is 3.34. The van der Waals surface area contributed by atoms with Crippen LogP contribution in [-0.2, 0) is 9.53 Å². The number of esters is 1. The van der Waals surface area contributed by atoms with E-state index in [0.29, 0.717) is 0 Å². The van der Waals surface area contributed by atoms with Gasteiger partial charge in [0, 0.05) is 6.42 Å². The van der Waals surface area contributed by atoms with Crippen molar-refractivity contribution in [3.8, 4) is 0 Å². The van der Waals surface area contributed by atoms with Gasteiger partial charge in [0.25, 0.3) is 0 Å². The average Bonchev–Trinajstić information content (AvgIpc) is 2.01. The molecule has 13 heavy (non-hydrogen) atoms. The number of rotatable bonds is 0. The van der Waals surface area contributed by atoms with Gasteiger partial charge in [-0.05, 0) is 13.8 Å². The van der Waals surface area contributed by atoms with Crippen LogP contribution in [0.25, 0.3) is 0 Å². The van der Waals surface area contributed by atoms with Crippen LogP contribution >= 0.6 is 0 Å². The monoisotopic (exact) mass is 186 g/mol. The third-order valence-electron chi connectivity index (χ3n) is 1.65. The zero-order valence-electron chi connectivity index (χ0n) is 7.31. The Balaban J connectivity index is 3.02. The maximum absolute atomic E-state index is 11.1. The number of carbonyl (C=O) groups is 1. The van der Waals surface area contributed by atoms with Crippen molar-refractivity contribution < 1.29 is 19.9 Å². The Bertz CT molecular complexity index is 293. The Morgan fingerprint density at radius 2 is 2.00 bits per heavy atom. The number of nitrogens with zero attached hydrogens (tertiary/aromatic N) is 2. The first-order chi connectivity index (χ1) is 6.00. The van der Waals surface area contributed by atoms with E-state index in [1.807, 2.05) is 0 Å². The molecule has 0 bridgehead atoms. The van der Waals surface area contributed by atoms with Crippen molar-refractivity contribution in [3.05, 3.63) is 0 Å². The van der Waals surface area contributed by atoms with Gasteiger partial charge in [0.05, 0.1) is 0 Å². The summed E-state index contributed by atoms with van der Waals surface area (Å²) in [4.78, 5) is 11.1. The summed E-state index contributed by atoms with van der Waals surface area (Å²) in [7, 11) is 0. The molecular formula is C7H10N2O4. The Hall–Kier alpha value is -1.59. The minimum Gasteiger partial charge on any atom is -0.454 e. The topological polar surface area (TPSA) is 91.5 Å². The molecule has 72 valence electrons. The molecule has 0 saturated carbocycles. The SMILES string of the molecule is CC1(C)CC(=NO)C(=NO)C(=O)O1. The summed E-state index contributed by atoms with van der Waals surface area (Å²) in [5.74, 6) is -0.786. The molecule has 0 unspecified atom stereocenters. The molecule has 0 aromatic rings. The van der Waals surface area contributed by atoms with E-state index in [0.717, 1.165) is 0 Å². The Labute approximate surface area is 74.5 Å². The molecule has 0 radical (unpaired) electrons. The Morgan fingerprint density at radius 1 is 1.38 bits per heavy atom. The van der Waals surface area contributed by atoms with Crippen LogP contribution in [0.15, 0.2) is 10.3 Å². The summed E-state index contributed by atoms with van der Waals surface area (Å²) in [5, 5.41) is 22.5. The van der Waals surface area contributed by atoms with Crippen molar-refractivity contribution in [2.24, 2.45) is 10.3 Å². The predicted octanol–water partition coefficient (Wildman–Crippen LogP) is 0.372. The van der Waals surface area contributed by atoms with Gasteiger partial charge in [-0.1, -0.05) is 10.3 Å². The minimum atomic E-state index is -0.786. The van der Waals surface area contributed by atoms with Crippen molar-refractivity contribution in [2.45, 2.75) is 25.9 Å². The fraction of sp³-hybridized carbons (Fsp3) is 0.571. The lowest BCUT2D eigenvalue weighted by atomic mass is 9.95. The lowest BCUT2D eigenvalue weighted by Gasteiger charge is -2.29. The molecule has 1 aliphatic rings. The lowest BCUT2D eigenvalue weighted by molar-refractivity contribution is -0.148. The number of carbonyl (C=O) groups excluding carboxylic acids is 1. The van der Waals surface area contributed by atoms with E-state index in [-0.39, 0.29) is 17.8 Å². The van der Waals surface area contributed by atoms with Gasteiger partial charge >= 0.3 is 5.97 Å². The zero-order valence-corrected chi connectivity index (χ0v) is 7.31. The van der Waals surface area contributed by atoms with Crippen LogP contribution in [-0.4, -0.2) is 33.4 Å². The maximum atomic E-state index is 11.1. The molecule has 6 nitrogen and oxygen atoms in total. The van der Waals surface area contributed by atoms with Crippen LogP contribution in [0.4, 0.5) is 0 Å². The summed E-state index contributed by atoms with van der Waals surface area (Å²) in [6.07, 6.45) is 0.217. The predicted molar refractivity (Wildman–Crippen MR) is 43.2 cm³/mol. The van der Waals surface area contributed by atoms with E-state index >= 15 is 0 Å². The van der Waals surface area contributed by atoms with E-state index < -0.39 is 11.6 Å². The largest absolute Gasteiger partial charge is 0.454 e. The fourth-order valence-corrected chi connectivity index (χ4v) is 1.12. The molecule has 1 rings (SSSR count). The number of ether oxygens (including phenoxy) is 1. The van der Waals surface area contributed by atoms with Crippen molar-refractivity contribution in [3.63, 3.8) is 0 Å². The molecule has 0 atom stereocenters. The van der Waals surface area contributed by atoms with E-state index in [1.54, 1.807) is 13.8 Å². The summed E-state index contributed by atoms with van der Waals surface area (Å²) in [5.41, 5.74) is -1.04. The van der Waals surface area contributed by atoms with Gasteiger partial charge < -0.3 is 15.2 Å². The second kappa shape index (κ2) is 3.04. The van der Waals surface area contributed by atoms with Crippen LogP contribution in [0.3, 0.4) is 0 Å². The van der Waals surface area contributed by atoms with E-state index in [9.17, 15) is 4.79 Å². The second-order valence-corrected chi connectivity index (χ2v) is 3.32. The molecule has 6 heteroatoms. The van der Waals surface area contributed by atoms with Crippen LogP contribution in [0.2, 0.25) is 0 Å². The van der Waals surface area contributed by atoms with Crippen molar-refractivity contribution in [2.75, 3.05) is 0 Å². The first-order valence-electron chi connectivity index (χ1n) is 3.67. The molecule has 0 aromatic heterocycles. The van der Waals surface area contributed by atoms with Crippen LogP contribution in [0.5, 0.6) is 0 Å². The fourth-order valence-electron chi connectivity index (χ4n) is 1.12. The standard InChI is InChI=1S/C7H10N2O4/c1-7(2)3-4(8-11)5(9-12)6(10)13-7/h11-12H,3H2,1-2H3. The van der Waals surface area contributed by atoms with E-state index in [4.69, 9.17) is 15.2 Å². The molecule has 1 saturated heterocycles. The molecule has 1 fully saturated rings. The van der Waals surface area contributed by atoms with Gasteiger partial charge in [-0.15, -0.1) is 0 Å². The van der Waals surface area contributed by atoms with Crippen molar-refractivity contribution >= 4 is 17.4 Å². The summed E-state index contributed by atoms with van der Waals surface area (Å²) in [6, 6.07) is 0. The molecule has 1 heterocycles. The third kappa shape index (κ3) is 1.77. The molecule has 0 aromatic carbocycles. The highest BCUT2D eigenvalue weighted by atomic mass is 16.6. The number of hydrogen-bond acceptors (Lipinski definition) is 6. The summed E-state index contributed by atoms with van der Waals surface area (Å²) >= 11 is 0. The van der Waals surface area contributed by atoms with Gasteiger partial charge in [0.1, 0.15) is 11.3 Å². The van der Waals surface area contributed by atoms with Crippen LogP contribution in [0, 0.1) is 0 Å². The van der Waals surface area contributed by atoms with Gasteiger partial charge in [0.15, 0.2) is 0 Å². The normalized spacial score (nSPS) is 27.7. The number of oxime groups is 2. The minimum absolute atomic E-state index is 0.0313. The highest BCUT2D eigenvalue weighted by Gasteiger charge is 2.38. The molecule has 1 aliphatic heterocycles. The van der Waals surface area contributed by atoms with Crippen LogP contribution < -0.4 is 0 Å². The highest BCUT2D eigenvalue weighted by molar-refractivity contribution is 6.66. The number of cyclic esters (lactones) is 1. The highest BCUT2D eigenvalue weighted by Crippen LogP contribution is 2.21. The molecule has 2 N–H and O–H groups in total. The van der Waals surface area contributed by atoms with E-state index in [2.05, 4.69) is 10.3 Å². The third-order valence-corrected chi connectivity index (χ3v) is 1.65. The van der Waals surface area contributed by atoms with E-state index in [1.165, 1.54) is 0 Å². The zero-order chi connectivity index (χ0) is 10.1. The van der Waals surface area contributed by atoms with Gasteiger partial charge in [-0.25, -0.2) is 4.79 Å². The quantitative estimate of drug-likeness (QED) is 0.325. The van der Waals surface area contributed by atoms with Crippen molar-refractivity contribution in [1.29, 1.82) is 0 Å². The number of hydrogen-bond donors (Lipinski definition) is 2.